The molecular weight excluding hydrogens is 242 g/mol. The molecule has 1 rings (SSSR count). The number of sulfonamides is 1. The van der Waals surface area contributed by atoms with Crippen molar-refractivity contribution >= 4 is 10.0 Å². The third kappa shape index (κ3) is 6.98. The van der Waals surface area contributed by atoms with E-state index in [0.29, 0.717) is 25.7 Å². The Hall–Kier alpha value is -0.170. The van der Waals surface area contributed by atoms with Crippen LogP contribution in [0.4, 0.5) is 0 Å². The third-order valence-corrected chi connectivity index (χ3v) is 4.31. The number of rotatable bonds is 9. The Labute approximate surface area is 104 Å². The lowest BCUT2D eigenvalue weighted by Crippen LogP contribution is -2.32. The summed E-state index contributed by atoms with van der Waals surface area (Å²) in [6, 6.07) is 0. The van der Waals surface area contributed by atoms with Crippen LogP contribution in [0.3, 0.4) is 0 Å². The molecule has 0 atom stereocenters. The first-order chi connectivity index (χ1) is 8.14. The van der Waals surface area contributed by atoms with Gasteiger partial charge in [-0.05, 0) is 18.8 Å². The molecular formula is C11H23NO4S. The van der Waals surface area contributed by atoms with Gasteiger partial charge < -0.3 is 9.47 Å². The van der Waals surface area contributed by atoms with Crippen LogP contribution in [0.1, 0.15) is 25.7 Å². The van der Waals surface area contributed by atoms with Crippen LogP contribution < -0.4 is 4.72 Å². The van der Waals surface area contributed by atoms with Crippen LogP contribution >= 0.6 is 0 Å². The summed E-state index contributed by atoms with van der Waals surface area (Å²) in [5, 5.41) is 0. The highest BCUT2D eigenvalue weighted by Gasteiger charge is 2.18. The Kier molecular flexibility index (Phi) is 7.03. The lowest BCUT2D eigenvalue weighted by Gasteiger charge is -2.11. The SMILES string of the molecule is COCCOCCS(=O)(=O)NCC1CCCC1. The van der Waals surface area contributed by atoms with E-state index in [-0.39, 0.29) is 12.4 Å². The lowest BCUT2D eigenvalue weighted by molar-refractivity contribution is 0.0784. The first-order valence-corrected chi connectivity index (χ1v) is 7.83. The predicted molar refractivity (Wildman–Crippen MR) is 66.4 cm³/mol. The first kappa shape index (κ1) is 14.9. The average molecular weight is 265 g/mol. The van der Waals surface area contributed by atoms with Gasteiger partial charge in [-0.25, -0.2) is 13.1 Å². The molecule has 1 N–H and O–H groups in total. The Morgan fingerprint density at radius 3 is 2.53 bits per heavy atom. The van der Waals surface area contributed by atoms with Gasteiger partial charge in [0.15, 0.2) is 0 Å². The largest absolute Gasteiger partial charge is 0.382 e. The summed E-state index contributed by atoms with van der Waals surface area (Å²) < 4.78 is 35.8. The van der Waals surface area contributed by atoms with Gasteiger partial charge in [-0.15, -0.1) is 0 Å². The molecule has 1 saturated carbocycles. The Morgan fingerprint density at radius 2 is 1.88 bits per heavy atom. The lowest BCUT2D eigenvalue weighted by atomic mass is 10.1. The molecule has 0 amide bonds. The minimum Gasteiger partial charge on any atom is -0.382 e. The molecule has 0 heterocycles. The van der Waals surface area contributed by atoms with E-state index in [9.17, 15) is 8.42 Å². The minimum atomic E-state index is -3.17. The summed E-state index contributed by atoms with van der Waals surface area (Å²) in [6.07, 6.45) is 4.75. The summed E-state index contributed by atoms with van der Waals surface area (Å²) in [5.74, 6) is 0.558. The standard InChI is InChI=1S/C11H23NO4S/c1-15-6-7-16-8-9-17(13,14)12-10-11-4-2-3-5-11/h11-12H,2-10H2,1H3. The van der Waals surface area contributed by atoms with Crippen LogP contribution in [-0.2, 0) is 19.5 Å². The topological polar surface area (TPSA) is 64.6 Å². The van der Waals surface area contributed by atoms with Crippen LogP contribution in [0, 0.1) is 5.92 Å². The fourth-order valence-electron chi connectivity index (χ4n) is 1.94. The maximum absolute atomic E-state index is 11.6. The van der Waals surface area contributed by atoms with Crippen molar-refractivity contribution in [3.63, 3.8) is 0 Å². The van der Waals surface area contributed by atoms with Crippen LogP contribution in [0.2, 0.25) is 0 Å². The molecule has 5 nitrogen and oxygen atoms in total. The van der Waals surface area contributed by atoms with Crippen LogP contribution in [-0.4, -0.2) is 47.6 Å². The van der Waals surface area contributed by atoms with Crippen molar-refractivity contribution < 1.29 is 17.9 Å². The molecule has 0 aromatic rings. The molecule has 6 heteroatoms. The molecule has 0 aromatic carbocycles. The van der Waals surface area contributed by atoms with Crippen molar-refractivity contribution in [3.05, 3.63) is 0 Å². The van der Waals surface area contributed by atoms with Crippen molar-refractivity contribution in [3.8, 4) is 0 Å². The fraction of sp³-hybridized carbons (Fsp3) is 1.00. The van der Waals surface area contributed by atoms with Crippen LogP contribution in [0.25, 0.3) is 0 Å². The monoisotopic (exact) mass is 265 g/mol. The van der Waals surface area contributed by atoms with Gasteiger partial charge >= 0.3 is 0 Å². The molecule has 1 aliphatic carbocycles. The van der Waals surface area contributed by atoms with Gasteiger partial charge in [-0.2, -0.15) is 0 Å². The van der Waals surface area contributed by atoms with E-state index in [4.69, 9.17) is 9.47 Å². The third-order valence-electron chi connectivity index (χ3n) is 2.99. The van der Waals surface area contributed by atoms with Gasteiger partial charge in [0.2, 0.25) is 10.0 Å². The molecule has 0 bridgehead atoms. The average Bonchev–Trinajstić information content (AvgIpc) is 2.79. The van der Waals surface area contributed by atoms with Crippen molar-refractivity contribution in [2.45, 2.75) is 25.7 Å². The molecule has 1 aliphatic rings. The Bertz CT molecular complexity index is 286. The van der Waals surface area contributed by atoms with Crippen LogP contribution in [0.5, 0.6) is 0 Å². The quantitative estimate of drug-likeness (QED) is 0.625. The van der Waals surface area contributed by atoms with Crippen LogP contribution in [0.15, 0.2) is 0 Å². The van der Waals surface area contributed by atoms with Crippen molar-refractivity contribution in [2.24, 2.45) is 5.92 Å². The highest BCUT2D eigenvalue weighted by Crippen LogP contribution is 2.23. The van der Waals surface area contributed by atoms with Gasteiger partial charge in [0.1, 0.15) is 0 Å². The zero-order valence-corrected chi connectivity index (χ0v) is 11.3. The maximum Gasteiger partial charge on any atom is 0.213 e. The molecule has 0 unspecified atom stereocenters. The van der Waals surface area contributed by atoms with E-state index in [0.717, 1.165) is 12.8 Å². The second-order valence-corrected chi connectivity index (χ2v) is 6.35. The predicted octanol–water partition coefficient (Wildman–Crippen LogP) is 0.759. The molecule has 0 spiro atoms. The number of nitrogens with one attached hydrogen (secondary N) is 1. The first-order valence-electron chi connectivity index (χ1n) is 6.18. The van der Waals surface area contributed by atoms with E-state index in [1.807, 2.05) is 0 Å². The molecule has 102 valence electrons. The van der Waals surface area contributed by atoms with Crippen molar-refractivity contribution in [1.29, 1.82) is 0 Å². The van der Waals surface area contributed by atoms with E-state index in [1.54, 1.807) is 7.11 Å². The summed E-state index contributed by atoms with van der Waals surface area (Å²) in [7, 11) is -1.59. The van der Waals surface area contributed by atoms with E-state index in [1.165, 1.54) is 12.8 Å². The van der Waals surface area contributed by atoms with Crippen molar-refractivity contribution in [2.75, 3.05) is 39.2 Å². The minimum absolute atomic E-state index is 0.0312. The maximum atomic E-state index is 11.6. The molecule has 0 saturated heterocycles. The van der Waals surface area contributed by atoms with Gasteiger partial charge in [-0.1, -0.05) is 12.8 Å². The van der Waals surface area contributed by atoms with Gasteiger partial charge in [0, 0.05) is 13.7 Å². The Morgan fingerprint density at radius 1 is 1.18 bits per heavy atom. The molecule has 17 heavy (non-hydrogen) atoms. The molecule has 1 fully saturated rings. The number of hydrogen-bond acceptors (Lipinski definition) is 4. The second-order valence-electron chi connectivity index (χ2n) is 4.42. The van der Waals surface area contributed by atoms with E-state index in [2.05, 4.69) is 4.72 Å². The number of hydrogen-bond donors (Lipinski definition) is 1. The summed E-state index contributed by atoms with van der Waals surface area (Å²) in [6.45, 7) is 1.74. The second kappa shape index (κ2) is 8.02. The zero-order chi connectivity index (χ0) is 12.6. The number of methoxy groups -OCH3 is 1. The van der Waals surface area contributed by atoms with Gasteiger partial charge in [0.25, 0.3) is 0 Å². The summed E-state index contributed by atoms with van der Waals surface area (Å²) >= 11 is 0. The normalized spacial score (nSPS) is 17.7. The molecule has 0 radical (unpaired) electrons. The smallest absolute Gasteiger partial charge is 0.213 e. The fourth-order valence-corrected chi connectivity index (χ4v) is 2.92. The molecule has 0 aromatic heterocycles. The van der Waals surface area contributed by atoms with Gasteiger partial charge in [0.05, 0.1) is 25.6 Å². The van der Waals surface area contributed by atoms with E-state index < -0.39 is 10.0 Å². The van der Waals surface area contributed by atoms with Gasteiger partial charge in [-0.3, -0.25) is 0 Å². The highest BCUT2D eigenvalue weighted by atomic mass is 32.2. The number of ether oxygens (including phenoxy) is 2. The highest BCUT2D eigenvalue weighted by molar-refractivity contribution is 7.89. The molecule has 0 aliphatic heterocycles. The van der Waals surface area contributed by atoms with Crippen molar-refractivity contribution in [1.82, 2.24) is 4.72 Å². The Balaban J connectivity index is 2.08. The summed E-state index contributed by atoms with van der Waals surface area (Å²) in [5.41, 5.74) is 0. The zero-order valence-electron chi connectivity index (χ0n) is 10.5. The van der Waals surface area contributed by atoms with E-state index >= 15 is 0 Å². The summed E-state index contributed by atoms with van der Waals surface area (Å²) in [4.78, 5) is 0.